The Morgan fingerprint density at radius 2 is 1.89 bits per heavy atom. The normalized spacial score (nSPS) is 9.74. The minimum absolute atomic E-state index is 0.0900. The number of Topliss-reactive ketones (excluding diaryl/α,β-unsaturated/α-hetero) is 1. The zero-order valence-electron chi connectivity index (χ0n) is 9.97. The number of rotatable bonds is 4. The van der Waals surface area contributed by atoms with Crippen molar-refractivity contribution in [3.63, 3.8) is 0 Å². The molecule has 0 amide bonds. The van der Waals surface area contributed by atoms with E-state index in [2.05, 4.69) is 4.99 Å². The van der Waals surface area contributed by atoms with Crippen LogP contribution in [0.25, 0.3) is 0 Å². The van der Waals surface area contributed by atoms with Gasteiger partial charge in [-0.25, -0.2) is 9.18 Å². The van der Waals surface area contributed by atoms with Crippen LogP contribution in [0.15, 0.2) is 53.5 Å². The zero-order chi connectivity index (χ0) is 13.7. The van der Waals surface area contributed by atoms with Crippen LogP contribution in [0.3, 0.4) is 0 Å². The van der Waals surface area contributed by atoms with E-state index in [0.29, 0.717) is 0 Å². The number of carbonyl (C=O) groups is 1. The Morgan fingerprint density at radius 3 is 2.58 bits per heavy atom. The summed E-state index contributed by atoms with van der Waals surface area (Å²) in [6.45, 7) is 0. The highest BCUT2D eigenvalue weighted by Crippen LogP contribution is 2.21. The van der Waals surface area contributed by atoms with Gasteiger partial charge in [0.25, 0.3) is 0 Å². The lowest BCUT2D eigenvalue weighted by Gasteiger charge is -2.04. The molecule has 0 unspecified atom stereocenters. The van der Waals surface area contributed by atoms with Crippen molar-refractivity contribution in [3.05, 3.63) is 65.5 Å². The van der Waals surface area contributed by atoms with Gasteiger partial charge in [0.1, 0.15) is 5.82 Å². The van der Waals surface area contributed by atoms with Gasteiger partial charge < -0.3 is 0 Å². The molecule has 0 aliphatic heterocycles. The average molecular weight is 255 g/mol. The Balaban J connectivity index is 2.33. The van der Waals surface area contributed by atoms with Crippen LogP contribution in [-0.4, -0.2) is 11.9 Å². The van der Waals surface area contributed by atoms with Crippen LogP contribution in [0.2, 0.25) is 0 Å². The van der Waals surface area contributed by atoms with Crippen LogP contribution in [0.1, 0.15) is 15.9 Å². The summed E-state index contributed by atoms with van der Waals surface area (Å²) in [4.78, 5) is 25.8. The van der Waals surface area contributed by atoms with Crippen molar-refractivity contribution < 1.29 is 14.0 Å². The molecule has 0 atom stereocenters. The molecular formula is C15H10FNO2. The lowest BCUT2D eigenvalue weighted by Crippen LogP contribution is -2.04. The highest BCUT2D eigenvalue weighted by molar-refractivity contribution is 6.02. The first kappa shape index (κ1) is 12.9. The smallest absolute Gasteiger partial charge is 0.240 e. The summed E-state index contributed by atoms with van der Waals surface area (Å²) < 4.78 is 13.2. The third kappa shape index (κ3) is 3.21. The van der Waals surface area contributed by atoms with Gasteiger partial charge in [0, 0.05) is 12.0 Å². The van der Waals surface area contributed by atoms with Crippen molar-refractivity contribution in [2.75, 3.05) is 0 Å². The molecule has 19 heavy (non-hydrogen) atoms. The van der Waals surface area contributed by atoms with Crippen molar-refractivity contribution in [2.45, 2.75) is 6.42 Å². The van der Waals surface area contributed by atoms with Gasteiger partial charge >= 0.3 is 0 Å². The van der Waals surface area contributed by atoms with Gasteiger partial charge in [-0.2, -0.15) is 4.99 Å². The maximum atomic E-state index is 13.2. The number of isocyanates is 1. The van der Waals surface area contributed by atoms with Crippen LogP contribution in [0.4, 0.5) is 10.1 Å². The van der Waals surface area contributed by atoms with Crippen molar-refractivity contribution in [1.82, 2.24) is 0 Å². The molecule has 4 heteroatoms. The lowest BCUT2D eigenvalue weighted by molar-refractivity contribution is 0.0993. The van der Waals surface area contributed by atoms with Crippen molar-refractivity contribution in [2.24, 2.45) is 4.99 Å². The minimum atomic E-state index is -0.540. The number of carbonyl (C=O) groups excluding carboxylic acids is 2. The zero-order valence-corrected chi connectivity index (χ0v) is 9.97. The molecule has 94 valence electrons. The minimum Gasteiger partial charge on any atom is -0.294 e. The maximum Gasteiger partial charge on any atom is 0.240 e. The summed E-state index contributed by atoms with van der Waals surface area (Å²) >= 11 is 0. The summed E-state index contributed by atoms with van der Waals surface area (Å²) in [5.74, 6) is -0.832. The third-order valence-corrected chi connectivity index (χ3v) is 2.63. The fourth-order valence-corrected chi connectivity index (χ4v) is 1.75. The van der Waals surface area contributed by atoms with E-state index in [1.54, 1.807) is 12.1 Å². The van der Waals surface area contributed by atoms with E-state index >= 15 is 0 Å². The molecule has 0 radical (unpaired) electrons. The molecule has 0 fully saturated rings. The number of nitrogens with zero attached hydrogens (tertiary/aromatic N) is 1. The first-order valence-electron chi connectivity index (χ1n) is 5.65. The van der Waals surface area contributed by atoms with Gasteiger partial charge in [-0.3, -0.25) is 4.79 Å². The van der Waals surface area contributed by atoms with Crippen molar-refractivity contribution in [1.29, 1.82) is 0 Å². The molecule has 0 aromatic heterocycles. The van der Waals surface area contributed by atoms with Gasteiger partial charge in [0.05, 0.1) is 5.69 Å². The Kier molecular flexibility index (Phi) is 3.96. The quantitative estimate of drug-likeness (QED) is 0.478. The topological polar surface area (TPSA) is 46.5 Å². The second-order valence-corrected chi connectivity index (χ2v) is 3.95. The first-order chi connectivity index (χ1) is 9.20. The maximum absolute atomic E-state index is 13.2. The standard InChI is InChI=1S/C15H10FNO2/c16-12-6-7-14(17-10-18)13(9-12)15(19)8-11-4-2-1-3-5-11/h1-7,9H,8H2. The lowest BCUT2D eigenvalue weighted by atomic mass is 10.0. The van der Waals surface area contributed by atoms with E-state index in [9.17, 15) is 14.0 Å². The molecule has 0 N–H and O–H groups in total. The number of hydrogen-bond donors (Lipinski definition) is 0. The van der Waals surface area contributed by atoms with Gasteiger partial charge in [0.2, 0.25) is 6.08 Å². The third-order valence-electron chi connectivity index (χ3n) is 2.63. The largest absolute Gasteiger partial charge is 0.294 e. The molecule has 2 aromatic carbocycles. The molecule has 0 saturated carbocycles. The molecule has 0 bridgehead atoms. The Labute approximate surface area is 109 Å². The number of aliphatic imine (C=N–C) groups is 1. The fourth-order valence-electron chi connectivity index (χ4n) is 1.75. The predicted molar refractivity (Wildman–Crippen MR) is 68.7 cm³/mol. The van der Waals surface area contributed by atoms with Gasteiger partial charge in [-0.1, -0.05) is 30.3 Å². The van der Waals surface area contributed by atoms with Gasteiger partial charge in [0.15, 0.2) is 5.78 Å². The highest BCUT2D eigenvalue weighted by atomic mass is 19.1. The monoisotopic (exact) mass is 255 g/mol. The molecule has 0 heterocycles. The molecular weight excluding hydrogens is 245 g/mol. The first-order valence-corrected chi connectivity index (χ1v) is 5.65. The van der Waals surface area contributed by atoms with Crippen LogP contribution in [-0.2, 0) is 11.2 Å². The summed E-state index contributed by atoms with van der Waals surface area (Å²) in [7, 11) is 0. The predicted octanol–water partition coefficient (Wildman–Crippen LogP) is 3.22. The number of halogens is 1. The van der Waals surface area contributed by atoms with E-state index in [4.69, 9.17) is 0 Å². The van der Waals surface area contributed by atoms with E-state index < -0.39 is 5.82 Å². The van der Waals surface area contributed by atoms with E-state index in [-0.39, 0.29) is 23.5 Å². The Morgan fingerprint density at radius 1 is 1.16 bits per heavy atom. The van der Waals surface area contributed by atoms with Crippen molar-refractivity contribution >= 4 is 17.6 Å². The van der Waals surface area contributed by atoms with E-state index in [1.165, 1.54) is 12.1 Å². The van der Waals surface area contributed by atoms with Crippen LogP contribution >= 0.6 is 0 Å². The summed E-state index contributed by atoms with van der Waals surface area (Å²) in [6, 6.07) is 12.6. The molecule has 2 rings (SSSR count). The van der Waals surface area contributed by atoms with Gasteiger partial charge in [-0.15, -0.1) is 0 Å². The number of benzene rings is 2. The second-order valence-electron chi connectivity index (χ2n) is 3.95. The van der Waals surface area contributed by atoms with Crippen molar-refractivity contribution in [3.8, 4) is 0 Å². The highest BCUT2D eigenvalue weighted by Gasteiger charge is 2.13. The average Bonchev–Trinajstić information content (AvgIpc) is 2.42. The van der Waals surface area contributed by atoms with Gasteiger partial charge in [-0.05, 0) is 23.8 Å². The van der Waals surface area contributed by atoms with E-state index in [1.807, 2.05) is 18.2 Å². The van der Waals surface area contributed by atoms with Crippen LogP contribution < -0.4 is 0 Å². The Bertz CT molecular complexity index is 646. The van der Waals surface area contributed by atoms with Crippen LogP contribution in [0.5, 0.6) is 0 Å². The SMILES string of the molecule is O=C=Nc1ccc(F)cc1C(=O)Cc1ccccc1. The summed E-state index contributed by atoms with van der Waals surface area (Å²) in [5.41, 5.74) is 1.04. The fraction of sp³-hybridized carbons (Fsp3) is 0.0667. The Hall–Kier alpha value is -2.58. The molecule has 2 aromatic rings. The number of hydrogen-bond acceptors (Lipinski definition) is 3. The molecule has 0 saturated heterocycles. The number of ketones is 1. The molecule has 0 aliphatic carbocycles. The summed E-state index contributed by atoms with van der Waals surface area (Å²) in [6.07, 6.45) is 1.49. The molecule has 0 spiro atoms. The second kappa shape index (κ2) is 5.85. The van der Waals surface area contributed by atoms with E-state index in [0.717, 1.165) is 17.7 Å². The molecule has 3 nitrogen and oxygen atoms in total. The molecule has 0 aliphatic rings. The summed E-state index contributed by atoms with van der Waals surface area (Å²) in [5, 5.41) is 0. The van der Waals surface area contributed by atoms with Crippen LogP contribution in [0, 0.1) is 5.82 Å².